The van der Waals surface area contributed by atoms with Gasteiger partial charge in [0.1, 0.15) is 6.29 Å². The van der Waals surface area contributed by atoms with Crippen molar-refractivity contribution in [2.45, 2.75) is 4.90 Å². The average molecular weight is 280 g/mol. The minimum absolute atomic E-state index is 0.664. The molecule has 2 aromatic carbocycles. The van der Waals surface area contributed by atoms with E-state index < -0.39 is 0 Å². The maximum Gasteiger partial charge on any atom is 0.150 e. The number of carbonyl (C=O) groups excluding carboxylic acids is 1. The Kier molecular flexibility index (Phi) is 3.44. The van der Waals surface area contributed by atoms with Gasteiger partial charge in [0.2, 0.25) is 0 Å². The zero-order chi connectivity index (χ0) is 13.9. The summed E-state index contributed by atoms with van der Waals surface area (Å²) in [6, 6.07) is 15.5. The molecule has 0 spiro atoms. The normalized spacial score (nSPS) is 13.4. The van der Waals surface area contributed by atoms with Gasteiger partial charge in [0.15, 0.2) is 0 Å². The molecule has 0 amide bonds. The van der Waals surface area contributed by atoms with Crippen LogP contribution in [-0.4, -0.2) is 18.6 Å². The molecular weight excluding hydrogens is 268 g/mol. The van der Waals surface area contributed by atoms with Crippen molar-refractivity contribution in [1.82, 2.24) is 0 Å². The molecule has 0 bridgehead atoms. The van der Waals surface area contributed by atoms with Gasteiger partial charge in [-0.25, -0.2) is 0 Å². The second-order valence-electron chi connectivity index (χ2n) is 4.50. The van der Waals surface area contributed by atoms with Crippen molar-refractivity contribution in [2.24, 2.45) is 0 Å². The lowest BCUT2D eigenvalue weighted by molar-refractivity contribution is 0.112. The molecule has 0 aromatic heterocycles. The maximum absolute atomic E-state index is 10.9. The van der Waals surface area contributed by atoms with Crippen LogP contribution in [-0.2, 0) is 0 Å². The molecule has 1 aliphatic heterocycles. The van der Waals surface area contributed by atoms with Gasteiger partial charge < -0.3 is 4.90 Å². The van der Waals surface area contributed by atoms with Gasteiger partial charge >= 0.3 is 0 Å². The molecule has 2 aromatic rings. The van der Waals surface area contributed by atoms with Crippen molar-refractivity contribution in [3.8, 4) is 6.07 Å². The lowest BCUT2D eigenvalue weighted by Crippen LogP contribution is -2.24. The highest BCUT2D eigenvalue weighted by molar-refractivity contribution is 7.99. The lowest BCUT2D eigenvalue weighted by Gasteiger charge is -2.31. The number of hydrogen-bond donors (Lipinski definition) is 0. The molecule has 0 N–H and O–H groups in total. The van der Waals surface area contributed by atoms with Gasteiger partial charge in [-0.2, -0.15) is 5.26 Å². The Balaban J connectivity index is 2.00. The summed E-state index contributed by atoms with van der Waals surface area (Å²) in [4.78, 5) is 14.2. The maximum atomic E-state index is 10.9. The van der Waals surface area contributed by atoms with E-state index in [-0.39, 0.29) is 0 Å². The van der Waals surface area contributed by atoms with Crippen LogP contribution in [0.15, 0.2) is 47.4 Å². The predicted octanol–water partition coefficient (Wildman–Crippen LogP) is 3.61. The number of fused-ring (bicyclic) bond motifs is 1. The highest BCUT2D eigenvalue weighted by Crippen LogP contribution is 2.39. The second kappa shape index (κ2) is 5.40. The Morgan fingerprint density at radius 3 is 2.70 bits per heavy atom. The summed E-state index contributed by atoms with van der Waals surface area (Å²) >= 11 is 1.77. The zero-order valence-electron chi connectivity index (χ0n) is 10.7. The molecule has 0 aliphatic carbocycles. The quantitative estimate of drug-likeness (QED) is 0.788. The van der Waals surface area contributed by atoms with Crippen LogP contribution < -0.4 is 4.90 Å². The van der Waals surface area contributed by atoms with E-state index in [1.807, 2.05) is 42.5 Å². The summed E-state index contributed by atoms with van der Waals surface area (Å²) in [5.41, 5.74) is 3.57. The number of rotatable bonds is 2. The van der Waals surface area contributed by atoms with Crippen LogP contribution in [0.2, 0.25) is 0 Å². The number of carbonyl (C=O) groups is 1. The van der Waals surface area contributed by atoms with Crippen LogP contribution in [0.4, 0.5) is 11.4 Å². The lowest BCUT2D eigenvalue weighted by atomic mass is 10.1. The van der Waals surface area contributed by atoms with Crippen LogP contribution in [0.5, 0.6) is 0 Å². The molecule has 3 nitrogen and oxygen atoms in total. The molecular formula is C16H12N2OS. The fraction of sp³-hybridized carbons (Fsp3) is 0.125. The second-order valence-corrected chi connectivity index (χ2v) is 5.64. The third-order valence-corrected chi connectivity index (χ3v) is 4.32. The smallest absolute Gasteiger partial charge is 0.150 e. The van der Waals surface area contributed by atoms with Crippen LogP contribution in [0.3, 0.4) is 0 Å². The number of thioether (sulfide) groups is 1. The standard InChI is InChI=1S/C16H12N2OS/c17-10-12-1-4-14(5-2-12)18-7-8-20-16-9-13(11-19)3-6-15(16)18/h1-6,9,11H,7-8H2. The summed E-state index contributed by atoms with van der Waals surface area (Å²) in [5.74, 6) is 0.981. The SMILES string of the molecule is N#Cc1ccc(N2CCSc3cc(C=O)ccc32)cc1. The Morgan fingerprint density at radius 2 is 2.00 bits per heavy atom. The predicted molar refractivity (Wildman–Crippen MR) is 80.7 cm³/mol. The number of aldehydes is 1. The first-order chi connectivity index (χ1) is 9.81. The van der Waals surface area contributed by atoms with Gasteiger partial charge in [0.25, 0.3) is 0 Å². The number of hydrogen-bond acceptors (Lipinski definition) is 4. The zero-order valence-corrected chi connectivity index (χ0v) is 11.6. The van der Waals surface area contributed by atoms with Gasteiger partial charge in [-0.3, -0.25) is 4.79 Å². The fourth-order valence-electron chi connectivity index (χ4n) is 2.29. The van der Waals surface area contributed by atoms with Crippen molar-refractivity contribution in [3.05, 3.63) is 53.6 Å². The summed E-state index contributed by atoms with van der Waals surface area (Å²) in [7, 11) is 0. The molecule has 0 radical (unpaired) electrons. The van der Waals surface area contributed by atoms with Gasteiger partial charge in [-0.15, -0.1) is 11.8 Å². The Bertz CT molecular complexity index is 689. The van der Waals surface area contributed by atoms with Gasteiger partial charge in [-0.1, -0.05) is 0 Å². The molecule has 0 unspecified atom stereocenters. The number of nitrogens with zero attached hydrogens (tertiary/aromatic N) is 2. The number of anilines is 2. The van der Waals surface area contributed by atoms with E-state index in [2.05, 4.69) is 11.0 Å². The molecule has 1 heterocycles. The Labute approximate surface area is 121 Å². The topological polar surface area (TPSA) is 44.1 Å². The van der Waals surface area contributed by atoms with Crippen LogP contribution in [0, 0.1) is 11.3 Å². The summed E-state index contributed by atoms with van der Waals surface area (Å²) in [6.07, 6.45) is 0.876. The van der Waals surface area contributed by atoms with E-state index in [1.54, 1.807) is 11.8 Å². The molecule has 0 fully saturated rings. The van der Waals surface area contributed by atoms with E-state index in [0.717, 1.165) is 34.9 Å². The first-order valence-corrected chi connectivity index (χ1v) is 7.30. The fourth-order valence-corrected chi connectivity index (χ4v) is 3.33. The Morgan fingerprint density at radius 1 is 1.20 bits per heavy atom. The monoisotopic (exact) mass is 280 g/mol. The average Bonchev–Trinajstić information content (AvgIpc) is 2.54. The number of benzene rings is 2. The molecule has 0 atom stereocenters. The Hall–Kier alpha value is -2.25. The molecule has 4 heteroatoms. The van der Waals surface area contributed by atoms with Crippen molar-refractivity contribution in [1.29, 1.82) is 5.26 Å². The molecule has 0 saturated heterocycles. The van der Waals surface area contributed by atoms with E-state index >= 15 is 0 Å². The van der Waals surface area contributed by atoms with Gasteiger partial charge in [0.05, 0.1) is 17.3 Å². The highest BCUT2D eigenvalue weighted by atomic mass is 32.2. The summed E-state index contributed by atoms with van der Waals surface area (Å²) in [6.45, 7) is 0.921. The van der Waals surface area contributed by atoms with Crippen LogP contribution in [0.1, 0.15) is 15.9 Å². The minimum atomic E-state index is 0.664. The highest BCUT2D eigenvalue weighted by Gasteiger charge is 2.19. The van der Waals surface area contributed by atoms with Crippen LogP contribution in [0.25, 0.3) is 0 Å². The third-order valence-electron chi connectivity index (χ3n) is 3.29. The summed E-state index contributed by atoms with van der Waals surface area (Å²) < 4.78 is 0. The summed E-state index contributed by atoms with van der Waals surface area (Å²) in [5, 5.41) is 8.85. The van der Waals surface area contributed by atoms with E-state index in [4.69, 9.17) is 5.26 Å². The van der Waals surface area contributed by atoms with Crippen molar-refractivity contribution < 1.29 is 4.79 Å². The molecule has 20 heavy (non-hydrogen) atoms. The first-order valence-electron chi connectivity index (χ1n) is 6.31. The minimum Gasteiger partial charge on any atom is -0.340 e. The van der Waals surface area contributed by atoms with E-state index in [1.165, 1.54) is 0 Å². The van der Waals surface area contributed by atoms with Crippen molar-refractivity contribution in [3.63, 3.8) is 0 Å². The molecule has 3 rings (SSSR count). The molecule has 98 valence electrons. The van der Waals surface area contributed by atoms with Gasteiger partial charge in [0, 0.05) is 28.4 Å². The van der Waals surface area contributed by atoms with Gasteiger partial charge in [-0.05, 0) is 42.5 Å². The van der Waals surface area contributed by atoms with Crippen molar-refractivity contribution in [2.75, 3.05) is 17.2 Å². The van der Waals surface area contributed by atoms with Crippen LogP contribution >= 0.6 is 11.8 Å². The van der Waals surface area contributed by atoms with E-state index in [0.29, 0.717) is 11.1 Å². The molecule has 1 aliphatic rings. The van der Waals surface area contributed by atoms with E-state index in [9.17, 15) is 4.79 Å². The van der Waals surface area contributed by atoms with Crippen molar-refractivity contribution >= 4 is 29.4 Å². The first kappa shape index (κ1) is 12.8. The number of nitriles is 1. The third kappa shape index (κ3) is 2.28. The largest absolute Gasteiger partial charge is 0.340 e. The molecule has 0 saturated carbocycles.